The number of piperidine rings is 1. The third-order valence-electron chi connectivity index (χ3n) is 3.79. The first-order chi connectivity index (χ1) is 9.04. The molecule has 1 aromatic rings. The zero-order chi connectivity index (χ0) is 13.8. The molecule has 1 saturated heterocycles. The topological polar surface area (TPSA) is 46.3 Å². The molecule has 2 rings (SSSR count). The minimum Gasteiger partial charge on any atom is -0.341 e. The van der Waals surface area contributed by atoms with Gasteiger partial charge in [-0.05, 0) is 31.2 Å². The summed E-state index contributed by atoms with van der Waals surface area (Å²) in [7, 11) is 0. The van der Waals surface area contributed by atoms with Crippen LogP contribution in [0, 0.1) is 12.8 Å². The van der Waals surface area contributed by atoms with Crippen LogP contribution in [0.25, 0.3) is 0 Å². The largest absolute Gasteiger partial charge is 0.341 e. The Balaban J connectivity index is 1.85. The maximum absolute atomic E-state index is 12.2. The monoisotopic (exact) mass is 260 g/mol. The summed E-state index contributed by atoms with van der Waals surface area (Å²) in [4.78, 5) is 14.1. The maximum atomic E-state index is 12.2. The molecule has 1 aliphatic heterocycles. The lowest BCUT2D eigenvalue weighted by atomic mass is 9.96. The highest BCUT2D eigenvalue weighted by molar-refractivity contribution is 5.76. The number of nitrogens with zero attached hydrogens (tertiary/aromatic N) is 1. The Labute approximate surface area is 115 Å². The van der Waals surface area contributed by atoms with Crippen LogP contribution < -0.4 is 5.73 Å². The number of amides is 1. The highest BCUT2D eigenvalue weighted by Crippen LogP contribution is 2.16. The van der Waals surface area contributed by atoms with Gasteiger partial charge in [0.15, 0.2) is 0 Å². The Kier molecular flexibility index (Phi) is 4.59. The molecule has 0 radical (unpaired) electrons. The molecule has 0 aliphatic carbocycles. The van der Waals surface area contributed by atoms with Gasteiger partial charge in [-0.3, -0.25) is 4.79 Å². The van der Waals surface area contributed by atoms with Crippen LogP contribution in [0.2, 0.25) is 0 Å². The minimum absolute atomic E-state index is 0.145. The molecular weight excluding hydrogens is 236 g/mol. The lowest BCUT2D eigenvalue weighted by Crippen LogP contribution is -2.48. The van der Waals surface area contributed by atoms with Gasteiger partial charge < -0.3 is 10.6 Å². The van der Waals surface area contributed by atoms with Crippen LogP contribution in [0.1, 0.15) is 30.9 Å². The molecule has 1 amide bonds. The molecule has 19 heavy (non-hydrogen) atoms. The lowest BCUT2D eigenvalue weighted by molar-refractivity contribution is -0.133. The molecule has 0 spiro atoms. The summed E-state index contributed by atoms with van der Waals surface area (Å²) in [6.07, 6.45) is 2.43. The number of nitrogens with two attached hydrogens (primary N) is 1. The smallest absolute Gasteiger partial charge is 0.222 e. The van der Waals surface area contributed by atoms with Gasteiger partial charge in [-0.1, -0.05) is 36.8 Å². The Morgan fingerprint density at radius 2 is 2.00 bits per heavy atom. The first-order valence-corrected chi connectivity index (χ1v) is 7.13. The molecule has 0 bridgehead atoms. The van der Waals surface area contributed by atoms with Gasteiger partial charge in [-0.2, -0.15) is 0 Å². The van der Waals surface area contributed by atoms with Crippen LogP contribution in [-0.4, -0.2) is 29.9 Å². The van der Waals surface area contributed by atoms with E-state index in [-0.39, 0.29) is 11.9 Å². The van der Waals surface area contributed by atoms with Crippen LogP contribution in [0.5, 0.6) is 0 Å². The Hall–Kier alpha value is -1.35. The van der Waals surface area contributed by atoms with E-state index in [0.717, 1.165) is 25.9 Å². The van der Waals surface area contributed by atoms with Crippen LogP contribution in [0.4, 0.5) is 0 Å². The molecule has 1 heterocycles. The summed E-state index contributed by atoms with van der Waals surface area (Å²) >= 11 is 0. The lowest BCUT2D eigenvalue weighted by Gasteiger charge is -2.34. The van der Waals surface area contributed by atoms with Crippen molar-refractivity contribution in [2.75, 3.05) is 13.1 Å². The van der Waals surface area contributed by atoms with E-state index in [1.54, 1.807) is 0 Å². The van der Waals surface area contributed by atoms with E-state index in [4.69, 9.17) is 5.73 Å². The minimum atomic E-state index is 0.145. The molecule has 1 aromatic carbocycles. The van der Waals surface area contributed by atoms with Crippen molar-refractivity contribution in [3.63, 3.8) is 0 Å². The zero-order valence-electron chi connectivity index (χ0n) is 11.9. The maximum Gasteiger partial charge on any atom is 0.222 e. The molecule has 1 aliphatic rings. The van der Waals surface area contributed by atoms with E-state index in [1.165, 1.54) is 11.1 Å². The van der Waals surface area contributed by atoms with Gasteiger partial charge >= 0.3 is 0 Å². The number of carbonyl (C=O) groups is 1. The van der Waals surface area contributed by atoms with Crippen molar-refractivity contribution in [2.24, 2.45) is 11.7 Å². The predicted octanol–water partition coefficient (Wildman–Crippen LogP) is 2.12. The summed E-state index contributed by atoms with van der Waals surface area (Å²) in [5.74, 6) is 0.759. The summed E-state index contributed by atoms with van der Waals surface area (Å²) in [6.45, 7) is 5.82. The first-order valence-electron chi connectivity index (χ1n) is 7.13. The van der Waals surface area contributed by atoms with Crippen molar-refractivity contribution in [1.82, 2.24) is 4.90 Å². The normalized spacial score (nSPS) is 23.4. The molecule has 2 atom stereocenters. The number of likely N-dealkylation sites (tertiary alicyclic amines) is 1. The summed E-state index contributed by atoms with van der Waals surface area (Å²) in [5, 5.41) is 0. The van der Waals surface area contributed by atoms with Crippen LogP contribution in [0.3, 0.4) is 0 Å². The Morgan fingerprint density at radius 3 is 2.63 bits per heavy atom. The zero-order valence-corrected chi connectivity index (χ0v) is 11.9. The van der Waals surface area contributed by atoms with E-state index in [0.29, 0.717) is 12.3 Å². The molecule has 1 fully saturated rings. The number of aryl methyl sites for hydroxylation is 2. The SMILES string of the molecule is Cc1ccc(CCC(=O)N2CC(C)CC(N)C2)cc1. The summed E-state index contributed by atoms with van der Waals surface area (Å²) in [6, 6.07) is 8.55. The molecule has 2 unspecified atom stereocenters. The fourth-order valence-corrected chi connectivity index (χ4v) is 2.77. The number of hydrogen-bond donors (Lipinski definition) is 1. The van der Waals surface area contributed by atoms with Gasteiger partial charge in [0.25, 0.3) is 0 Å². The van der Waals surface area contributed by atoms with Gasteiger partial charge in [0.2, 0.25) is 5.91 Å². The predicted molar refractivity (Wildman–Crippen MR) is 77.8 cm³/mol. The van der Waals surface area contributed by atoms with Crippen LogP contribution in [-0.2, 0) is 11.2 Å². The second-order valence-electron chi connectivity index (χ2n) is 5.89. The van der Waals surface area contributed by atoms with Gasteiger partial charge in [-0.15, -0.1) is 0 Å². The van der Waals surface area contributed by atoms with Gasteiger partial charge in [0.1, 0.15) is 0 Å². The standard InChI is InChI=1S/C16H24N2O/c1-12-3-5-14(6-4-12)7-8-16(19)18-10-13(2)9-15(17)11-18/h3-6,13,15H,7-11,17H2,1-2H3. The van der Waals surface area contributed by atoms with Crippen molar-refractivity contribution in [3.05, 3.63) is 35.4 Å². The van der Waals surface area contributed by atoms with E-state index >= 15 is 0 Å². The fraction of sp³-hybridized carbons (Fsp3) is 0.562. The molecule has 2 N–H and O–H groups in total. The quantitative estimate of drug-likeness (QED) is 0.905. The first kappa shape index (κ1) is 14.1. The number of hydrogen-bond acceptors (Lipinski definition) is 2. The highest BCUT2D eigenvalue weighted by atomic mass is 16.2. The molecule has 3 nitrogen and oxygen atoms in total. The molecule has 0 aromatic heterocycles. The van der Waals surface area contributed by atoms with Gasteiger partial charge in [0.05, 0.1) is 0 Å². The van der Waals surface area contributed by atoms with E-state index in [9.17, 15) is 4.79 Å². The molecule has 0 saturated carbocycles. The van der Waals surface area contributed by atoms with Crippen molar-refractivity contribution in [2.45, 2.75) is 39.2 Å². The third-order valence-corrected chi connectivity index (χ3v) is 3.79. The van der Waals surface area contributed by atoms with E-state index in [2.05, 4.69) is 38.1 Å². The number of carbonyl (C=O) groups excluding carboxylic acids is 1. The molecule has 3 heteroatoms. The highest BCUT2D eigenvalue weighted by Gasteiger charge is 2.25. The Morgan fingerprint density at radius 1 is 1.32 bits per heavy atom. The van der Waals surface area contributed by atoms with Gasteiger partial charge in [-0.25, -0.2) is 0 Å². The second-order valence-corrected chi connectivity index (χ2v) is 5.89. The van der Waals surface area contributed by atoms with Crippen molar-refractivity contribution < 1.29 is 4.79 Å². The summed E-state index contributed by atoms with van der Waals surface area (Å²) < 4.78 is 0. The molecule has 104 valence electrons. The van der Waals surface area contributed by atoms with Gasteiger partial charge in [0, 0.05) is 25.6 Å². The Bertz CT molecular complexity index is 417. The van der Waals surface area contributed by atoms with Crippen molar-refractivity contribution >= 4 is 5.91 Å². The number of rotatable bonds is 3. The average Bonchev–Trinajstić information content (AvgIpc) is 2.36. The third kappa shape index (κ3) is 4.06. The fourth-order valence-electron chi connectivity index (χ4n) is 2.77. The van der Waals surface area contributed by atoms with Crippen LogP contribution >= 0.6 is 0 Å². The summed E-state index contributed by atoms with van der Waals surface area (Å²) in [5.41, 5.74) is 8.47. The van der Waals surface area contributed by atoms with Crippen molar-refractivity contribution in [1.29, 1.82) is 0 Å². The average molecular weight is 260 g/mol. The van der Waals surface area contributed by atoms with E-state index < -0.39 is 0 Å². The van der Waals surface area contributed by atoms with Crippen molar-refractivity contribution in [3.8, 4) is 0 Å². The molecular formula is C16H24N2O. The van der Waals surface area contributed by atoms with Crippen LogP contribution in [0.15, 0.2) is 24.3 Å². The van der Waals surface area contributed by atoms with E-state index in [1.807, 2.05) is 4.90 Å². The second kappa shape index (κ2) is 6.20. The number of benzene rings is 1.